The topological polar surface area (TPSA) is 52.0 Å². The second kappa shape index (κ2) is 11.5. The summed E-state index contributed by atoms with van der Waals surface area (Å²) in [5.41, 5.74) is 11.2. The van der Waals surface area contributed by atoms with Crippen molar-refractivity contribution in [3.05, 3.63) is 24.3 Å². The van der Waals surface area contributed by atoms with Crippen LogP contribution in [0, 0.1) is 0 Å². The zero-order valence-corrected chi connectivity index (χ0v) is 9.99. The maximum atomic E-state index is 5.79. The third-order valence-corrected chi connectivity index (χ3v) is 2.37. The third-order valence-electron chi connectivity index (χ3n) is 2.37. The van der Waals surface area contributed by atoms with Gasteiger partial charge in [-0.15, -0.1) is 0 Å². The van der Waals surface area contributed by atoms with Gasteiger partial charge in [0.1, 0.15) is 0 Å². The summed E-state index contributed by atoms with van der Waals surface area (Å²) in [6.45, 7) is 2.91. The van der Waals surface area contributed by atoms with Gasteiger partial charge in [-0.25, -0.2) is 0 Å². The Hall–Kier alpha value is -0.600. The summed E-state index contributed by atoms with van der Waals surface area (Å²) in [4.78, 5) is 0. The molecule has 0 bridgehead atoms. The quantitative estimate of drug-likeness (QED) is 0.454. The summed E-state index contributed by atoms with van der Waals surface area (Å²) in [7, 11) is 0. The van der Waals surface area contributed by atoms with Crippen molar-refractivity contribution in [3.8, 4) is 0 Å². The van der Waals surface area contributed by atoms with Gasteiger partial charge in [-0.3, -0.25) is 0 Å². The van der Waals surface area contributed by atoms with Gasteiger partial charge in [-0.05, 0) is 45.1 Å². The number of rotatable bonds is 9. The van der Waals surface area contributed by atoms with Crippen molar-refractivity contribution in [1.29, 1.82) is 0 Å². The second-order valence-corrected chi connectivity index (χ2v) is 3.86. The van der Waals surface area contributed by atoms with Gasteiger partial charge in [-0.1, -0.05) is 31.2 Å². The van der Waals surface area contributed by atoms with Crippen LogP contribution < -0.4 is 11.5 Å². The molecule has 0 aliphatic heterocycles. The summed E-state index contributed by atoms with van der Waals surface area (Å²) in [5, 5.41) is 0. The number of hydrogen-bond acceptors (Lipinski definition) is 2. The van der Waals surface area contributed by atoms with Crippen LogP contribution in [0.25, 0.3) is 0 Å². The van der Waals surface area contributed by atoms with Crippen molar-refractivity contribution >= 4 is 0 Å². The lowest BCUT2D eigenvalue weighted by Gasteiger charge is -2.02. The summed E-state index contributed by atoms with van der Waals surface area (Å²) in [6, 6.07) is 0.335. The summed E-state index contributed by atoms with van der Waals surface area (Å²) < 4.78 is 0. The van der Waals surface area contributed by atoms with E-state index in [1.807, 2.05) is 0 Å². The van der Waals surface area contributed by atoms with E-state index in [2.05, 4.69) is 31.2 Å². The average molecular weight is 210 g/mol. The van der Waals surface area contributed by atoms with E-state index in [0.29, 0.717) is 6.04 Å². The summed E-state index contributed by atoms with van der Waals surface area (Å²) >= 11 is 0. The van der Waals surface area contributed by atoms with E-state index in [0.717, 1.165) is 45.1 Å². The van der Waals surface area contributed by atoms with Gasteiger partial charge in [0.15, 0.2) is 0 Å². The molecule has 0 amide bonds. The zero-order chi connectivity index (χ0) is 11.4. The molecule has 0 aliphatic carbocycles. The van der Waals surface area contributed by atoms with E-state index in [1.54, 1.807) is 0 Å². The zero-order valence-electron chi connectivity index (χ0n) is 9.99. The molecule has 0 radical (unpaired) electrons. The van der Waals surface area contributed by atoms with Crippen molar-refractivity contribution in [1.82, 2.24) is 0 Å². The molecule has 2 nitrogen and oxygen atoms in total. The Morgan fingerprint density at radius 3 is 2.20 bits per heavy atom. The molecular formula is C13H26N2. The van der Waals surface area contributed by atoms with E-state index in [9.17, 15) is 0 Å². The molecular weight excluding hydrogens is 184 g/mol. The van der Waals surface area contributed by atoms with E-state index in [1.165, 1.54) is 0 Å². The Kier molecular flexibility index (Phi) is 11.0. The first-order valence-corrected chi connectivity index (χ1v) is 6.06. The predicted octanol–water partition coefficient (Wildman–Crippen LogP) is 2.75. The minimum atomic E-state index is 0.335. The fraction of sp³-hybridized carbons (Fsp3) is 0.692. The fourth-order valence-electron chi connectivity index (χ4n) is 1.22. The van der Waals surface area contributed by atoms with Crippen molar-refractivity contribution in [3.63, 3.8) is 0 Å². The van der Waals surface area contributed by atoms with Crippen LogP contribution in [0.3, 0.4) is 0 Å². The normalized spacial score (nSPS) is 14.1. The van der Waals surface area contributed by atoms with Crippen LogP contribution in [-0.4, -0.2) is 12.6 Å². The van der Waals surface area contributed by atoms with Crippen LogP contribution in [0.2, 0.25) is 0 Å². The molecule has 2 heteroatoms. The average Bonchev–Trinajstić information content (AvgIpc) is 2.26. The molecule has 0 spiro atoms. The van der Waals surface area contributed by atoms with Crippen LogP contribution >= 0.6 is 0 Å². The van der Waals surface area contributed by atoms with Gasteiger partial charge in [0.2, 0.25) is 0 Å². The highest BCUT2D eigenvalue weighted by atomic mass is 14.6. The van der Waals surface area contributed by atoms with Crippen molar-refractivity contribution < 1.29 is 0 Å². The lowest BCUT2D eigenvalue weighted by Crippen LogP contribution is -2.16. The predicted molar refractivity (Wildman–Crippen MR) is 68.7 cm³/mol. The van der Waals surface area contributed by atoms with Gasteiger partial charge in [0, 0.05) is 6.04 Å². The van der Waals surface area contributed by atoms with Gasteiger partial charge < -0.3 is 11.5 Å². The first-order chi connectivity index (χ1) is 7.31. The van der Waals surface area contributed by atoms with E-state index >= 15 is 0 Å². The maximum Gasteiger partial charge on any atom is 0.00707 e. The first-order valence-electron chi connectivity index (χ1n) is 6.06. The van der Waals surface area contributed by atoms with E-state index in [-0.39, 0.29) is 0 Å². The number of hydrogen-bond donors (Lipinski definition) is 2. The summed E-state index contributed by atoms with van der Waals surface area (Å²) in [6.07, 6.45) is 15.4. The first kappa shape index (κ1) is 14.4. The standard InChI is InChI=1S/C13H26N2/c1-2-13(15)11-9-7-5-3-4-6-8-10-12-14/h4,6-7,9,13H,2-3,5,8,10-12,14-15H2,1H3/b6-4+,9-7+. The number of unbranched alkanes of at least 4 members (excludes halogenated alkanes) is 2. The Morgan fingerprint density at radius 2 is 1.60 bits per heavy atom. The third kappa shape index (κ3) is 11.3. The van der Waals surface area contributed by atoms with E-state index < -0.39 is 0 Å². The molecule has 0 aliphatic rings. The highest BCUT2D eigenvalue weighted by molar-refractivity contribution is 4.89. The molecule has 15 heavy (non-hydrogen) atoms. The van der Waals surface area contributed by atoms with Crippen LogP contribution in [0.1, 0.15) is 45.4 Å². The summed E-state index contributed by atoms with van der Waals surface area (Å²) in [5.74, 6) is 0. The van der Waals surface area contributed by atoms with Crippen LogP contribution in [0.15, 0.2) is 24.3 Å². The maximum absolute atomic E-state index is 5.79. The molecule has 0 aromatic rings. The van der Waals surface area contributed by atoms with Gasteiger partial charge in [0.05, 0.1) is 0 Å². The molecule has 0 saturated carbocycles. The van der Waals surface area contributed by atoms with Gasteiger partial charge in [-0.2, -0.15) is 0 Å². The van der Waals surface area contributed by atoms with Gasteiger partial charge >= 0.3 is 0 Å². The Morgan fingerprint density at radius 1 is 1.00 bits per heavy atom. The molecule has 0 aromatic carbocycles. The van der Waals surface area contributed by atoms with Crippen molar-refractivity contribution in [2.75, 3.05) is 6.54 Å². The Labute approximate surface area is 94.4 Å². The highest BCUT2D eigenvalue weighted by Gasteiger charge is 1.92. The molecule has 0 fully saturated rings. The Bertz CT molecular complexity index is 173. The van der Waals surface area contributed by atoms with E-state index in [4.69, 9.17) is 11.5 Å². The van der Waals surface area contributed by atoms with Crippen molar-refractivity contribution in [2.45, 2.75) is 51.5 Å². The smallest absolute Gasteiger partial charge is 0.00707 e. The molecule has 0 rings (SSSR count). The largest absolute Gasteiger partial charge is 0.330 e. The molecule has 1 unspecified atom stereocenters. The Balaban J connectivity index is 3.26. The minimum Gasteiger partial charge on any atom is -0.330 e. The van der Waals surface area contributed by atoms with Crippen LogP contribution in [0.5, 0.6) is 0 Å². The van der Waals surface area contributed by atoms with Crippen LogP contribution in [0.4, 0.5) is 0 Å². The van der Waals surface area contributed by atoms with Gasteiger partial charge in [0.25, 0.3) is 0 Å². The lowest BCUT2D eigenvalue weighted by molar-refractivity contribution is 0.658. The molecule has 4 N–H and O–H groups in total. The lowest BCUT2D eigenvalue weighted by atomic mass is 10.1. The molecule has 0 heterocycles. The minimum absolute atomic E-state index is 0.335. The second-order valence-electron chi connectivity index (χ2n) is 3.86. The highest BCUT2D eigenvalue weighted by Crippen LogP contribution is 1.99. The molecule has 1 atom stereocenters. The number of nitrogens with two attached hydrogens (primary N) is 2. The van der Waals surface area contributed by atoms with Crippen molar-refractivity contribution in [2.24, 2.45) is 11.5 Å². The fourth-order valence-corrected chi connectivity index (χ4v) is 1.22. The molecule has 0 saturated heterocycles. The molecule has 0 aromatic heterocycles. The molecule has 88 valence electrons. The SMILES string of the molecule is CCC(N)C/C=C/CC/C=C/CCCN. The number of allylic oxidation sites excluding steroid dienone is 3. The van der Waals surface area contributed by atoms with Crippen LogP contribution in [-0.2, 0) is 0 Å². The monoisotopic (exact) mass is 210 g/mol.